The molecule has 0 radical (unpaired) electrons. The van der Waals surface area contributed by atoms with Gasteiger partial charge in [0.1, 0.15) is 13.2 Å². The number of nitrogens with one attached hydrogen (secondary N) is 1. The Balaban J connectivity index is 1.68. The summed E-state index contributed by atoms with van der Waals surface area (Å²) in [4.78, 5) is 4.53. The van der Waals surface area contributed by atoms with Gasteiger partial charge in [-0.2, -0.15) is 5.10 Å². The van der Waals surface area contributed by atoms with Gasteiger partial charge in [-0.05, 0) is 23.8 Å². The van der Waals surface area contributed by atoms with Gasteiger partial charge in [0.2, 0.25) is 5.13 Å². The minimum absolute atomic E-state index is 0.132. The summed E-state index contributed by atoms with van der Waals surface area (Å²) in [5, 5.41) is 6.92. The molecule has 3 aromatic rings. The van der Waals surface area contributed by atoms with Crippen LogP contribution in [0.15, 0.2) is 59.0 Å². The van der Waals surface area contributed by atoms with Gasteiger partial charge in [-0.3, -0.25) is 5.43 Å². The fourth-order valence-electron chi connectivity index (χ4n) is 2.30. The highest BCUT2D eigenvalue weighted by Gasteiger charge is 2.06. The first kappa shape index (κ1) is 19.0. The first-order valence-electron chi connectivity index (χ1n) is 8.36. The number of hydrazone groups is 1. The van der Waals surface area contributed by atoms with Crippen molar-refractivity contribution < 1.29 is 9.47 Å². The number of ether oxygens (including phenoxy) is 2. The third-order valence-corrected chi connectivity index (χ3v) is 4.28. The lowest BCUT2D eigenvalue weighted by Gasteiger charge is -2.10. The number of terminal acetylenes is 2. The second-order valence-corrected chi connectivity index (χ2v) is 6.32. The van der Waals surface area contributed by atoms with Gasteiger partial charge < -0.3 is 9.47 Å². The van der Waals surface area contributed by atoms with E-state index in [4.69, 9.17) is 22.3 Å². The standard InChI is InChI=1S/C22H17N3O2S/c1-3-12-26-20-11-10-17(14-21(20)27-13-4-2)15-23-25-22-24-19(16-28-22)18-8-6-5-7-9-18/h1-2,5-11,14-16H,12-13H2,(H,24,25)/b23-15+. The molecule has 0 aliphatic heterocycles. The van der Waals surface area contributed by atoms with Crippen LogP contribution in [-0.2, 0) is 0 Å². The summed E-state index contributed by atoms with van der Waals surface area (Å²) in [7, 11) is 0. The Labute approximate surface area is 168 Å². The molecular formula is C22H17N3O2S. The molecule has 28 heavy (non-hydrogen) atoms. The van der Waals surface area contributed by atoms with E-state index in [0.717, 1.165) is 16.8 Å². The Morgan fingerprint density at radius 2 is 1.79 bits per heavy atom. The van der Waals surface area contributed by atoms with Crippen molar-refractivity contribution in [1.29, 1.82) is 0 Å². The van der Waals surface area contributed by atoms with Crippen LogP contribution in [0.4, 0.5) is 5.13 Å². The molecular weight excluding hydrogens is 370 g/mol. The van der Waals surface area contributed by atoms with Crippen LogP contribution in [0.25, 0.3) is 11.3 Å². The maximum atomic E-state index is 5.52. The number of rotatable bonds is 8. The lowest BCUT2D eigenvalue weighted by atomic mass is 10.2. The summed E-state index contributed by atoms with van der Waals surface area (Å²) in [6.45, 7) is 0.280. The Hall–Kier alpha value is -3.74. The molecule has 0 fully saturated rings. The van der Waals surface area contributed by atoms with Gasteiger partial charge in [0.05, 0.1) is 11.9 Å². The van der Waals surface area contributed by atoms with Crippen molar-refractivity contribution in [3.05, 3.63) is 59.5 Å². The first-order valence-corrected chi connectivity index (χ1v) is 9.24. The summed E-state index contributed by atoms with van der Waals surface area (Å²) < 4.78 is 11.0. The SMILES string of the molecule is C#CCOc1ccc(/C=N/Nc2nc(-c3ccccc3)cs2)cc1OCC#C. The topological polar surface area (TPSA) is 55.7 Å². The largest absolute Gasteiger partial charge is 0.477 e. The van der Waals surface area contributed by atoms with Gasteiger partial charge in [-0.15, -0.1) is 24.2 Å². The van der Waals surface area contributed by atoms with Gasteiger partial charge in [0.15, 0.2) is 11.5 Å². The quantitative estimate of drug-likeness (QED) is 0.356. The number of thiazole rings is 1. The third-order valence-electron chi connectivity index (χ3n) is 3.54. The van der Waals surface area contributed by atoms with E-state index >= 15 is 0 Å². The van der Waals surface area contributed by atoms with Crippen LogP contribution < -0.4 is 14.9 Å². The molecule has 1 heterocycles. The van der Waals surface area contributed by atoms with E-state index in [1.165, 1.54) is 11.3 Å². The fourth-order valence-corrected chi connectivity index (χ4v) is 2.97. The summed E-state index contributed by atoms with van der Waals surface area (Å²) in [5.74, 6) is 5.89. The van der Waals surface area contributed by atoms with E-state index in [9.17, 15) is 0 Å². The van der Waals surface area contributed by atoms with Crippen LogP contribution in [-0.4, -0.2) is 24.4 Å². The molecule has 0 atom stereocenters. The number of hydrogen-bond donors (Lipinski definition) is 1. The zero-order valence-electron chi connectivity index (χ0n) is 15.0. The number of anilines is 1. The zero-order valence-corrected chi connectivity index (χ0v) is 15.8. The molecule has 0 unspecified atom stereocenters. The Kier molecular flexibility index (Phi) is 6.67. The number of benzene rings is 2. The highest BCUT2D eigenvalue weighted by molar-refractivity contribution is 7.14. The molecule has 1 N–H and O–H groups in total. The van der Waals surface area contributed by atoms with Crippen molar-refractivity contribution in [1.82, 2.24) is 4.98 Å². The molecule has 5 nitrogen and oxygen atoms in total. The maximum Gasteiger partial charge on any atom is 0.203 e. The van der Waals surface area contributed by atoms with Crippen LogP contribution in [0.3, 0.4) is 0 Å². The van der Waals surface area contributed by atoms with Crippen LogP contribution >= 0.6 is 11.3 Å². The Morgan fingerprint density at radius 3 is 2.54 bits per heavy atom. The van der Waals surface area contributed by atoms with Gasteiger partial charge in [-0.25, -0.2) is 4.98 Å². The van der Waals surface area contributed by atoms with Crippen molar-refractivity contribution in [2.75, 3.05) is 18.6 Å². The normalized spacial score (nSPS) is 10.2. The van der Waals surface area contributed by atoms with Crippen molar-refractivity contribution >= 4 is 22.7 Å². The fraction of sp³-hybridized carbons (Fsp3) is 0.0909. The number of nitrogens with zero attached hydrogens (tertiary/aromatic N) is 2. The van der Waals surface area contributed by atoms with E-state index in [1.54, 1.807) is 18.3 Å². The second-order valence-electron chi connectivity index (χ2n) is 5.47. The predicted octanol–water partition coefficient (Wildman–Crippen LogP) is 4.28. The minimum atomic E-state index is 0.132. The second kappa shape index (κ2) is 9.82. The molecule has 0 spiro atoms. The summed E-state index contributed by atoms with van der Waals surface area (Å²) in [6, 6.07) is 15.4. The highest BCUT2D eigenvalue weighted by atomic mass is 32.1. The van der Waals surface area contributed by atoms with E-state index in [2.05, 4.69) is 27.4 Å². The lowest BCUT2D eigenvalue weighted by Crippen LogP contribution is -2.01. The highest BCUT2D eigenvalue weighted by Crippen LogP contribution is 2.28. The van der Waals surface area contributed by atoms with Crippen molar-refractivity contribution in [3.8, 4) is 47.4 Å². The molecule has 0 aliphatic carbocycles. The van der Waals surface area contributed by atoms with Crippen LogP contribution in [0.5, 0.6) is 11.5 Å². The molecule has 138 valence electrons. The van der Waals surface area contributed by atoms with E-state index in [1.807, 2.05) is 41.8 Å². The summed E-state index contributed by atoms with van der Waals surface area (Å²) in [5.41, 5.74) is 5.72. The number of aromatic nitrogens is 1. The van der Waals surface area contributed by atoms with E-state index in [0.29, 0.717) is 16.6 Å². The first-order chi connectivity index (χ1) is 13.8. The summed E-state index contributed by atoms with van der Waals surface area (Å²) in [6.07, 6.45) is 12.2. The van der Waals surface area contributed by atoms with Crippen molar-refractivity contribution in [2.45, 2.75) is 0 Å². The van der Waals surface area contributed by atoms with E-state index < -0.39 is 0 Å². The van der Waals surface area contributed by atoms with Crippen LogP contribution in [0.2, 0.25) is 0 Å². The minimum Gasteiger partial charge on any atom is -0.477 e. The lowest BCUT2D eigenvalue weighted by molar-refractivity contribution is 0.314. The smallest absolute Gasteiger partial charge is 0.203 e. The molecule has 0 aliphatic rings. The zero-order chi connectivity index (χ0) is 19.6. The van der Waals surface area contributed by atoms with Gasteiger partial charge in [-0.1, -0.05) is 42.2 Å². The van der Waals surface area contributed by atoms with Gasteiger partial charge in [0.25, 0.3) is 0 Å². The average Bonchev–Trinajstić information content (AvgIpc) is 3.21. The van der Waals surface area contributed by atoms with E-state index in [-0.39, 0.29) is 13.2 Å². The molecule has 0 saturated heterocycles. The molecule has 0 bridgehead atoms. The van der Waals surface area contributed by atoms with Crippen molar-refractivity contribution in [2.24, 2.45) is 5.10 Å². The molecule has 6 heteroatoms. The molecule has 3 rings (SSSR count). The molecule has 2 aromatic carbocycles. The predicted molar refractivity (Wildman–Crippen MR) is 114 cm³/mol. The molecule has 0 amide bonds. The Morgan fingerprint density at radius 1 is 1.04 bits per heavy atom. The van der Waals surface area contributed by atoms with Gasteiger partial charge in [0, 0.05) is 10.9 Å². The average molecular weight is 387 g/mol. The van der Waals surface area contributed by atoms with Gasteiger partial charge >= 0.3 is 0 Å². The Bertz CT molecular complexity index is 1030. The third kappa shape index (κ3) is 5.14. The molecule has 1 aromatic heterocycles. The van der Waals surface area contributed by atoms with Crippen LogP contribution in [0, 0.1) is 24.7 Å². The summed E-state index contributed by atoms with van der Waals surface area (Å²) >= 11 is 1.48. The number of hydrogen-bond acceptors (Lipinski definition) is 6. The van der Waals surface area contributed by atoms with Crippen molar-refractivity contribution in [3.63, 3.8) is 0 Å². The maximum absolute atomic E-state index is 5.52. The van der Waals surface area contributed by atoms with Crippen LogP contribution in [0.1, 0.15) is 5.56 Å². The monoisotopic (exact) mass is 387 g/mol. The molecule has 0 saturated carbocycles.